The molecule has 2 aromatic rings. The average molecular weight is 491 g/mol. The molecule has 1 aromatic carbocycles. The third-order valence-corrected chi connectivity index (χ3v) is 3.68. The van der Waals surface area contributed by atoms with Crippen molar-refractivity contribution in [3.63, 3.8) is 0 Å². The molecule has 1 aromatic heterocycles. The molecule has 3 N–H and O–H groups in total. The van der Waals surface area contributed by atoms with Gasteiger partial charge < -0.3 is 20.5 Å². The number of aliphatic imine (C=N–C) groups is 1. The summed E-state index contributed by atoms with van der Waals surface area (Å²) in [6.45, 7) is 5.36. The van der Waals surface area contributed by atoms with Crippen molar-refractivity contribution in [1.29, 1.82) is 0 Å². The zero-order valence-electron chi connectivity index (χ0n) is 15.8. The zero-order valence-corrected chi connectivity index (χ0v) is 18.1. The van der Waals surface area contributed by atoms with Gasteiger partial charge >= 0.3 is 0 Å². The maximum absolute atomic E-state index is 13.1. The van der Waals surface area contributed by atoms with Crippen molar-refractivity contribution < 1.29 is 14.2 Å². The number of nitrogens with zero attached hydrogens (tertiary/aromatic N) is 3. The summed E-state index contributed by atoms with van der Waals surface area (Å²) in [4.78, 5) is 4.42. The molecule has 0 saturated heterocycles. The highest BCUT2D eigenvalue weighted by Gasteiger charge is 2.24. The smallest absolute Gasteiger partial charge is 0.191 e. The Morgan fingerprint density at radius 3 is 2.81 bits per heavy atom. The highest BCUT2D eigenvalue weighted by Crippen LogP contribution is 2.19. The Kier molecular flexibility index (Phi) is 9.50. The van der Waals surface area contributed by atoms with Crippen LogP contribution >= 0.6 is 24.0 Å². The number of aliphatic hydroxyl groups is 1. The summed E-state index contributed by atoms with van der Waals surface area (Å²) in [5.74, 6) is 0.718. The zero-order chi connectivity index (χ0) is 19.0. The van der Waals surface area contributed by atoms with Crippen molar-refractivity contribution in [2.45, 2.75) is 19.4 Å². The quantitative estimate of drug-likeness (QED) is 0.228. The lowest BCUT2D eigenvalue weighted by molar-refractivity contribution is 0.0672. The van der Waals surface area contributed by atoms with Gasteiger partial charge in [0.25, 0.3) is 0 Å². The van der Waals surface area contributed by atoms with E-state index < -0.39 is 5.60 Å². The van der Waals surface area contributed by atoms with Gasteiger partial charge in [0.1, 0.15) is 23.8 Å². The summed E-state index contributed by atoms with van der Waals surface area (Å²) in [6.07, 6.45) is 3.39. The minimum absolute atomic E-state index is 0. The number of hydrogen-bond donors (Lipinski definition) is 3. The first-order chi connectivity index (χ1) is 12.4. The number of halogens is 2. The Bertz CT molecular complexity index is 736. The second kappa shape index (κ2) is 11.1. The molecule has 0 radical (unpaired) electrons. The van der Waals surface area contributed by atoms with Crippen LogP contribution in [0.15, 0.2) is 41.7 Å². The van der Waals surface area contributed by atoms with E-state index in [1.54, 1.807) is 43.2 Å². The monoisotopic (exact) mass is 491 g/mol. The molecular formula is C18H27FIN5O2. The van der Waals surface area contributed by atoms with Crippen LogP contribution in [0.3, 0.4) is 0 Å². The first-order valence-electron chi connectivity index (χ1n) is 8.53. The third-order valence-electron chi connectivity index (χ3n) is 3.68. The SMILES string of the molecule is CCNC(=NCC(C)(O)c1cnn(C)c1)NCCOc1cccc(F)c1.I. The molecule has 7 nitrogen and oxygen atoms in total. The maximum Gasteiger partial charge on any atom is 0.191 e. The first-order valence-corrected chi connectivity index (χ1v) is 8.53. The second-order valence-electron chi connectivity index (χ2n) is 6.10. The largest absolute Gasteiger partial charge is 0.492 e. The number of rotatable bonds is 8. The first kappa shape index (κ1) is 23.2. The molecule has 1 heterocycles. The van der Waals surface area contributed by atoms with Gasteiger partial charge in [0.05, 0.1) is 19.3 Å². The number of hydrogen-bond acceptors (Lipinski definition) is 4. The molecule has 0 aliphatic heterocycles. The van der Waals surface area contributed by atoms with Gasteiger partial charge in [-0.05, 0) is 26.0 Å². The number of nitrogens with one attached hydrogen (secondary N) is 2. The molecule has 0 bridgehead atoms. The van der Waals surface area contributed by atoms with Crippen LogP contribution in [0.25, 0.3) is 0 Å². The fourth-order valence-electron chi connectivity index (χ4n) is 2.26. The van der Waals surface area contributed by atoms with Crippen molar-refractivity contribution >= 4 is 29.9 Å². The molecule has 9 heteroatoms. The molecule has 0 fully saturated rings. The van der Waals surface area contributed by atoms with Crippen LogP contribution < -0.4 is 15.4 Å². The van der Waals surface area contributed by atoms with Crippen LogP contribution in [0.1, 0.15) is 19.4 Å². The van der Waals surface area contributed by atoms with E-state index in [0.29, 0.717) is 37.0 Å². The summed E-state index contributed by atoms with van der Waals surface area (Å²) in [5, 5.41) is 20.9. The second-order valence-corrected chi connectivity index (χ2v) is 6.10. The lowest BCUT2D eigenvalue weighted by Gasteiger charge is -2.20. The Hall–Kier alpha value is -1.88. The third kappa shape index (κ3) is 7.71. The van der Waals surface area contributed by atoms with Crippen molar-refractivity contribution in [2.75, 3.05) is 26.2 Å². The number of benzene rings is 1. The van der Waals surface area contributed by atoms with Crippen LogP contribution in [-0.2, 0) is 12.6 Å². The van der Waals surface area contributed by atoms with Gasteiger partial charge in [0, 0.05) is 31.4 Å². The van der Waals surface area contributed by atoms with Gasteiger partial charge in [0.15, 0.2) is 5.96 Å². The van der Waals surface area contributed by atoms with Gasteiger partial charge in [-0.1, -0.05) is 6.07 Å². The molecule has 1 atom stereocenters. The summed E-state index contributed by atoms with van der Waals surface area (Å²) >= 11 is 0. The van der Waals surface area contributed by atoms with E-state index in [0.717, 1.165) is 0 Å². The summed E-state index contributed by atoms with van der Waals surface area (Å²) < 4.78 is 20.2. The van der Waals surface area contributed by atoms with Gasteiger partial charge in [0.2, 0.25) is 0 Å². The normalized spacial score (nSPS) is 13.4. The molecule has 1 unspecified atom stereocenters. The molecule has 0 spiro atoms. The maximum atomic E-state index is 13.1. The van der Waals surface area contributed by atoms with Gasteiger partial charge in [-0.15, -0.1) is 24.0 Å². The molecule has 150 valence electrons. The molecule has 0 amide bonds. The summed E-state index contributed by atoms with van der Waals surface area (Å²) in [7, 11) is 1.80. The lowest BCUT2D eigenvalue weighted by Crippen LogP contribution is -2.40. The van der Waals surface area contributed by atoms with Crippen LogP contribution in [0.4, 0.5) is 4.39 Å². The van der Waals surface area contributed by atoms with Crippen LogP contribution in [0.2, 0.25) is 0 Å². The minimum atomic E-state index is -1.12. The molecule has 0 saturated carbocycles. The predicted octanol–water partition coefficient (Wildman–Crippen LogP) is 2.02. The van der Waals surface area contributed by atoms with Crippen LogP contribution in [-0.4, -0.2) is 47.1 Å². The Balaban J connectivity index is 0.00000364. The van der Waals surface area contributed by atoms with E-state index in [1.807, 2.05) is 6.92 Å². The average Bonchev–Trinajstić information content (AvgIpc) is 3.04. The van der Waals surface area contributed by atoms with E-state index in [2.05, 4.69) is 20.7 Å². The standard InChI is InChI=1S/C18H26FN5O2.HI/c1-4-20-17(21-8-9-26-16-7-5-6-15(19)10-16)22-13-18(2,25)14-11-23-24(3)12-14;/h5-7,10-12,25H,4,8-9,13H2,1-3H3,(H2,20,21,22);1H. The Labute approximate surface area is 176 Å². The summed E-state index contributed by atoms with van der Waals surface area (Å²) in [5.41, 5.74) is -0.414. The van der Waals surface area contributed by atoms with Gasteiger partial charge in [-0.3, -0.25) is 4.68 Å². The molecule has 0 aliphatic carbocycles. The van der Waals surface area contributed by atoms with Crippen molar-refractivity contribution in [2.24, 2.45) is 12.0 Å². The Morgan fingerprint density at radius 2 is 2.19 bits per heavy atom. The molecular weight excluding hydrogens is 464 g/mol. The number of aryl methyl sites for hydroxylation is 1. The highest BCUT2D eigenvalue weighted by atomic mass is 127. The number of guanidine groups is 1. The number of aromatic nitrogens is 2. The molecule has 27 heavy (non-hydrogen) atoms. The van der Waals surface area contributed by atoms with Crippen molar-refractivity contribution in [1.82, 2.24) is 20.4 Å². The Morgan fingerprint density at radius 1 is 1.41 bits per heavy atom. The fraction of sp³-hybridized carbons (Fsp3) is 0.444. The van der Waals surface area contributed by atoms with E-state index >= 15 is 0 Å². The highest BCUT2D eigenvalue weighted by molar-refractivity contribution is 14.0. The van der Waals surface area contributed by atoms with Crippen LogP contribution in [0.5, 0.6) is 5.75 Å². The fourth-order valence-corrected chi connectivity index (χ4v) is 2.26. The van der Waals surface area contributed by atoms with E-state index in [-0.39, 0.29) is 36.3 Å². The van der Waals surface area contributed by atoms with Crippen molar-refractivity contribution in [3.8, 4) is 5.75 Å². The van der Waals surface area contributed by atoms with Gasteiger partial charge in [-0.25, -0.2) is 9.38 Å². The predicted molar refractivity (Wildman–Crippen MR) is 114 cm³/mol. The summed E-state index contributed by atoms with van der Waals surface area (Å²) in [6, 6.07) is 6.01. The molecule has 0 aliphatic rings. The van der Waals surface area contributed by atoms with Crippen LogP contribution in [0, 0.1) is 5.82 Å². The topological polar surface area (TPSA) is 83.7 Å². The van der Waals surface area contributed by atoms with E-state index in [9.17, 15) is 9.50 Å². The minimum Gasteiger partial charge on any atom is -0.492 e. The molecule has 2 rings (SSSR count). The van der Waals surface area contributed by atoms with E-state index in [4.69, 9.17) is 4.74 Å². The van der Waals surface area contributed by atoms with Crippen molar-refractivity contribution in [3.05, 3.63) is 48.0 Å². The lowest BCUT2D eigenvalue weighted by atomic mass is 10.0. The van der Waals surface area contributed by atoms with E-state index in [1.165, 1.54) is 12.1 Å². The number of ether oxygens (including phenoxy) is 1. The van der Waals surface area contributed by atoms with Gasteiger partial charge in [-0.2, -0.15) is 5.10 Å².